The number of hydrogen-bond donors (Lipinski definition) is 3. The quantitative estimate of drug-likeness (QED) is 0.270. The summed E-state index contributed by atoms with van der Waals surface area (Å²) in [6.45, 7) is 0.905. The van der Waals surface area contributed by atoms with E-state index in [1.807, 2.05) is 24.3 Å². The summed E-state index contributed by atoms with van der Waals surface area (Å²) in [4.78, 5) is 4.62. The Bertz CT molecular complexity index is 1590. The van der Waals surface area contributed by atoms with Crippen molar-refractivity contribution in [2.75, 3.05) is 45.2 Å². The fraction of sp³-hybridized carbons (Fsp3) is 0.433. The highest BCUT2D eigenvalue weighted by molar-refractivity contribution is 7.91. The number of aliphatic hydroxyl groups is 2. The van der Waals surface area contributed by atoms with Crippen LogP contribution >= 0.6 is 0 Å². The first-order valence-corrected chi connectivity index (χ1v) is 17.3. The number of sulfonamides is 1. The molecule has 2 aliphatic rings. The zero-order valence-corrected chi connectivity index (χ0v) is 25.3. The van der Waals surface area contributed by atoms with Crippen LogP contribution in [0.2, 0.25) is 0 Å². The largest absolute Gasteiger partial charge is 0.491 e. The van der Waals surface area contributed by atoms with Crippen LogP contribution in [0.4, 0.5) is 0 Å². The molecule has 2 atom stereocenters. The first kappa shape index (κ1) is 31.5. The number of rotatable bonds is 12. The summed E-state index contributed by atoms with van der Waals surface area (Å²) in [6.07, 6.45) is 2.69. The van der Waals surface area contributed by atoms with Crippen molar-refractivity contribution in [3.8, 4) is 17.0 Å². The van der Waals surface area contributed by atoms with Gasteiger partial charge in [-0.25, -0.2) is 16.8 Å². The molecule has 11 nitrogen and oxygen atoms in total. The van der Waals surface area contributed by atoms with Gasteiger partial charge in [-0.15, -0.1) is 0 Å². The second-order valence-electron chi connectivity index (χ2n) is 10.9. The maximum atomic E-state index is 13.4. The lowest BCUT2D eigenvalue weighted by Gasteiger charge is -2.38. The first-order valence-electron chi connectivity index (χ1n) is 14.2. The number of ether oxygens (including phenoxy) is 2. The summed E-state index contributed by atoms with van der Waals surface area (Å²) in [5, 5.41) is 22.7. The zero-order valence-electron chi connectivity index (χ0n) is 23.7. The summed E-state index contributed by atoms with van der Waals surface area (Å²) in [6, 6.07) is 18.4. The molecule has 2 saturated heterocycles. The van der Waals surface area contributed by atoms with Crippen LogP contribution in [0.15, 0.2) is 82.7 Å². The highest BCUT2D eigenvalue weighted by Crippen LogP contribution is 2.37. The lowest BCUT2D eigenvalue weighted by Crippen LogP contribution is -2.47. The molecule has 2 aromatic carbocycles. The van der Waals surface area contributed by atoms with E-state index < -0.39 is 38.2 Å². The van der Waals surface area contributed by atoms with E-state index >= 15 is 0 Å². The molecule has 3 N–H and O–H groups in total. The summed E-state index contributed by atoms with van der Waals surface area (Å²) in [5.74, 6) is -0.0612. The molecule has 0 saturated carbocycles. The van der Waals surface area contributed by atoms with Crippen molar-refractivity contribution in [1.82, 2.24) is 14.6 Å². The van der Waals surface area contributed by atoms with Crippen molar-refractivity contribution in [3.63, 3.8) is 0 Å². The summed E-state index contributed by atoms with van der Waals surface area (Å²) in [5.41, 5.74) is 1.04. The molecule has 1 aromatic heterocycles. The molecular formula is C30H37N3O8S2. The van der Waals surface area contributed by atoms with Crippen molar-refractivity contribution in [3.05, 3.63) is 72.9 Å². The molecule has 1 spiro atoms. The Hall–Kier alpha value is -2.91. The molecule has 232 valence electrons. The predicted molar refractivity (Wildman–Crippen MR) is 160 cm³/mol. The lowest BCUT2D eigenvalue weighted by molar-refractivity contribution is -0.0312. The topological polar surface area (TPSA) is 155 Å². The number of aromatic nitrogens is 1. The molecule has 3 heterocycles. The lowest BCUT2D eigenvalue weighted by atomic mass is 9.88. The maximum Gasteiger partial charge on any atom is 0.243 e. The fourth-order valence-electron chi connectivity index (χ4n) is 5.51. The van der Waals surface area contributed by atoms with E-state index in [1.165, 1.54) is 16.4 Å². The Morgan fingerprint density at radius 2 is 1.79 bits per heavy atom. The first-order chi connectivity index (χ1) is 20.6. The van der Waals surface area contributed by atoms with Gasteiger partial charge < -0.3 is 25.0 Å². The number of nitrogens with zero attached hydrogens (tertiary/aromatic N) is 2. The molecule has 0 radical (unpaired) electrons. The molecule has 0 aliphatic carbocycles. The van der Waals surface area contributed by atoms with Crippen molar-refractivity contribution in [2.45, 2.75) is 46.8 Å². The summed E-state index contributed by atoms with van der Waals surface area (Å²) in [7, 11) is -7.28. The minimum absolute atomic E-state index is 0.000172. The highest BCUT2D eigenvalue weighted by atomic mass is 32.2. The SMILES string of the molecule is O=S(=O)(CCO)c1cccc(OC[C@@H](O)CN[C@H]2COC3(CCN(S(=O)(=O)c4cccc(-c5ccccn5)c4)CC3)C2)c1. The van der Waals surface area contributed by atoms with Gasteiger partial charge in [0.25, 0.3) is 0 Å². The van der Waals surface area contributed by atoms with Crippen molar-refractivity contribution in [1.29, 1.82) is 0 Å². The minimum atomic E-state index is -3.67. The molecule has 0 amide bonds. The Labute approximate surface area is 252 Å². The van der Waals surface area contributed by atoms with E-state index in [9.17, 15) is 21.9 Å². The average molecular weight is 632 g/mol. The smallest absolute Gasteiger partial charge is 0.243 e. The van der Waals surface area contributed by atoms with Crippen LogP contribution in [-0.2, 0) is 24.6 Å². The van der Waals surface area contributed by atoms with Gasteiger partial charge in [0.15, 0.2) is 9.84 Å². The van der Waals surface area contributed by atoms with Gasteiger partial charge in [0.05, 0.1) is 40.1 Å². The Kier molecular flexibility index (Phi) is 9.81. The number of aliphatic hydroxyl groups excluding tert-OH is 2. The van der Waals surface area contributed by atoms with Gasteiger partial charge in [-0.2, -0.15) is 4.31 Å². The Balaban J connectivity index is 1.09. The van der Waals surface area contributed by atoms with Gasteiger partial charge in [-0.05, 0) is 61.7 Å². The molecule has 13 heteroatoms. The fourth-order valence-corrected chi connectivity index (χ4v) is 8.05. The number of pyridine rings is 1. The van der Waals surface area contributed by atoms with Crippen LogP contribution in [0.3, 0.4) is 0 Å². The van der Waals surface area contributed by atoms with Crippen LogP contribution in [0.5, 0.6) is 5.75 Å². The van der Waals surface area contributed by atoms with Crippen LogP contribution in [0, 0.1) is 0 Å². The molecular weight excluding hydrogens is 594 g/mol. The number of piperidine rings is 1. The highest BCUT2D eigenvalue weighted by Gasteiger charge is 2.44. The number of nitrogens with one attached hydrogen (secondary N) is 1. The van der Waals surface area contributed by atoms with Gasteiger partial charge in [0, 0.05) is 37.4 Å². The van der Waals surface area contributed by atoms with E-state index in [-0.39, 0.29) is 34.7 Å². The number of sulfone groups is 1. The van der Waals surface area contributed by atoms with Crippen molar-refractivity contribution < 1.29 is 36.5 Å². The minimum Gasteiger partial charge on any atom is -0.491 e. The van der Waals surface area contributed by atoms with Gasteiger partial charge in [-0.3, -0.25) is 4.98 Å². The van der Waals surface area contributed by atoms with Gasteiger partial charge in [0.1, 0.15) is 18.5 Å². The third-order valence-electron chi connectivity index (χ3n) is 7.88. The van der Waals surface area contributed by atoms with E-state index in [2.05, 4.69) is 10.3 Å². The molecule has 0 bridgehead atoms. The molecule has 2 fully saturated rings. The second kappa shape index (κ2) is 13.4. The van der Waals surface area contributed by atoms with Crippen LogP contribution in [0.1, 0.15) is 19.3 Å². The average Bonchev–Trinajstić information content (AvgIpc) is 3.41. The molecule has 43 heavy (non-hydrogen) atoms. The van der Waals surface area contributed by atoms with Gasteiger partial charge >= 0.3 is 0 Å². The van der Waals surface area contributed by atoms with Crippen LogP contribution < -0.4 is 10.1 Å². The second-order valence-corrected chi connectivity index (χ2v) is 15.0. The van der Waals surface area contributed by atoms with Crippen molar-refractivity contribution >= 4 is 19.9 Å². The molecule has 3 aromatic rings. The maximum absolute atomic E-state index is 13.4. The summed E-state index contributed by atoms with van der Waals surface area (Å²) >= 11 is 0. The third kappa shape index (κ3) is 7.60. The van der Waals surface area contributed by atoms with E-state index in [0.717, 1.165) is 5.56 Å². The summed E-state index contributed by atoms with van der Waals surface area (Å²) < 4.78 is 64.6. The number of benzene rings is 2. The molecule has 5 rings (SSSR count). The van der Waals surface area contributed by atoms with E-state index in [0.29, 0.717) is 50.4 Å². The third-order valence-corrected chi connectivity index (χ3v) is 11.5. The van der Waals surface area contributed by atoms with Gasteiger partial charge in [-0.1, -0.05) is 24.3 Å². The molecule has 0 unspecified atom stereocenters. The monoisotopic (exact) mass is 631 g/mol. The standard InChI is InChI=1S/C30H37N3O8S2/c34-15-16-42(36,37)27-7-4-6-26(18-27)40-22-25(35)20-32-24-19-30(41-21-24)10-13-33(14-11-30)43(38,39)28-8-3-5-23(17-28)29-9-1-2-12-31-29/h1-9,12,17-18,24-25,32,34-35H,10-11,13-16,19-22H2/t24-,25+/m1/s1. The Morgan fingerprint density at radius 1 is 1.02 bits per heavy atom. The van der Waals surface area contributed by atoms with E-state index in [4.69, 9.17) is 14.6 Å². The Morgan fingerprint density at radius 3 is 2.53 bits per heavy atom. The predicted octanol–water partition coefficient (Wildman–Crippen LogP) is 1.86. The van der Waals surface area contributed by atoms with Crippen LogP contribution in [-0.4, -0.2) is 99.3 Å². The van der Waals surface area contributed by atoms with Crippen LogP contribution in [0.25, 0.3) is 11.3 Å². The zero-order chi connectivity index (χ0) is 30.5. The van der Waals surface area contributed by atoms with E-state index in [1.54, 1.807) is 36.5 Å². The molecule has 2 aliphatic heterocycles. The van der Waals surface area contributed by atoms with Gasteiger partial charge in [0.2, 0.25) is 10.0 Å². The van der Waals surface area contributed by atoms with Crippen molar-refractivity contribution in [2.24, 2.45) is 0 Å². The number of hydrogen-bond acceptors (Lipinski definition) is 10. The normalized spacial score (nSPS) is 19.8.